The Labute approximate surface area is 379 Å². The zero-order chi connectivity index (χ0) is 45.5. The fraction of sp³-hybridized carbons (Fsp3) is 0.222. The minimum absolute atomic E-state index is 0.000491. The van der Waals surface area contributed by atoms with Crippen LogP contribution in [0.25, 0.3) is 11.3 Å². The van der Waals surface area contributed by atoms with Crippen LogP contribution >= 0.6 is 0 Å². The molecule has 326 valence electrons. The molecule has 2 aliphatic rings. The third-order valence-corrected chi connectivity index (χ3v) is 13.2. The van der Waals surface area contributed by atoms with Gasteiger partial charge in [-0.1, -0.05) is 54.6 Å². The molecule has 7 aromatic rings. The number of fused-ring (bicyclic) bond motifs is 2. The number of aromatic hydroxyl groups is 1. The van der Waals surface area contributed by atoms with Crippen molar-refractivity contribution in [3.05, 3.63) is 183 Å². The van der Waals surface area contributed by atoms with Crippen molar-refractivity contribution < 1.29 is 24.2 Å². The quantitative estimate of drug-likeness (QED) is 0.154. The maximum atomic E-state index is 15.1. The van der Waals surface area contributed by atoms with E-state index in [-0.39, 0.29) is 35.9 Å². The summed E-state index contributed by atoms with van der Waals surface area (Å²) in [5.74, 6) is 1.05. The summed E-state index contributed by atoms with van der Waals surface area (Å²) in [6.45, 7) is 7.18. The van der Waals surface area contributed by atoms with E-state index in [4.69, 9.17) is 4.74 Å². The van der Waals surface area contributed by atoms with Gasteiger partial charge >= 0.3 is 0 Å². The van der Waals surface area contributed by atoms with E-state index in [0.29, 0.717) is 77.0 Å². The predicted molar refractivity (Wildman–Crippen MR) is 250 cm³/mol. The van der Waals surface area contributed by atoms with Gasteiger partial charge in [0.25, 0.3) is 11.8 Å². The van der Waals surface area contributed by atoms with Gasteiger partial charge in [-0.2, -0.15) is 5.26 Å². The molecule has 65 heavy (non-hydrogen) atoms. The van der Waals surface area contributed by atoms with Gasteiger partial charge in [0, 0.05) is 73.7 Å². The predicted octanol–water partition coefficient (Wildman–Crippen LogP) is 9.71. The number of phenols is 1. The van der Waals surface area contributed by atoms with E-state index in [1.165, 1.54) is 17.7 Å². The minimum atomic E-state index is -0.326. The van der Waals surface area contributed by atoms with Crippen molar-refractivity contribution in [3.8, 4) is 34.6 Å². The van der Waals surface area contributed by atoms with Gasteiger partial charge in [-0.15, -0.1) is 0 Å². The van der Waals surface area contributed by atoms with Gasteiger partial charge in [0.15, 0.2) is 0 Å². The number of nitriles is 1. The van der Waals surface area contributed by atoms with Crippen LogP contribution in [0.5, 0.6) is 17.2 Å². The Morgan fingerprint density at radius 2 is 1.45 bits per heavy atom. The third-order valence-electron chi connectivity index (χ3n) is 13.2. The largest absolute Gasteiger partial charge is 0.508 e. The molecular weight excluding hydrogens is 813 g/mol. The van der Waals surface area contributed by atoms with Crippen molar-refractivity contribution in [1.82, 2.24) is 18.9 Å². The molecule has 1 N–H and O–H groups in total. The number of hydrogen-bond donors (Lipinski definition) is 1. The zero-order valence-electron chi connectivity index (χ0n) is 37.2. The number of hydrogen-bond acceptors (Lipinski definition) is 6. The van der Waals surface area contributed by atoms with Gasteiger partial charge < -0.3 is 28.8 Å². The summed E-state index contributed by atoms with van der Waals surface area (Å²) < 4.78 is 9.67. The summed E-state index contributed by atoms with van der Waals surface area (Å²) in [4.78, 5) is 49.5. The van der Waals surface area contributed by atoms with E-state index in [9.17, 15) is 15.2 Å². The summed E-state index contributed by atoms with van der Waals surface area (Å²) in [7, 11) is 3.69. The molecule has 2 aromatic heterocycles. The highest BCUT2D eigenvalue weighted by molar-refractivity contribution is 6.13. The van der Waals surface area contributed by atoms with Gasteiger partial charge in [-0.05, 0) is 134 Å². The Hall–Kier alpha value is -7.84. The number of phenolic OH excluding ortho intramolecular Hbond substituents is 1. The lowest BCUT2D eigenvalue weighted by Gasteiger charge is -2.36. The smallest absolute Gasteiger partial charge is 0.264 e. The number of carbonyl (C=O) groups excluding carboxylic acids is 3. The maximum absolute atomic E-state index is 15.1. The number of carbonyl (C=O) groups is 3. The van der Waals surface area contributed by atoms with Crippen LogP contribution in [0.3, 0.4) is 0 Å². The number of para-hydroxylation sites is 1. The second-order valence-electron chi connectivity index (χ2n) is 17.1. The van der Waals surface area contributed by atoms with Crippen molar-refractivity contribution in [1.29, 1.82) is 5.26 Å². The fourth-order valence-electron chi connectivity index (χ4n) is 9.18. The standard InChI is InChI=1S/C54H50N6O5/c1-34-25-38-11-9-10-12-40(38)33-59(34)53(63)49-28-41-32-58(52(62)26-37-15-21-46(22-16-37)65-45-13-7-6-8-14-45)24-23-39(41)27-48(49)51-30-47(35(2)57(51)5)54(64)60(42-17-19-44(61)20-18-42)50-29-43(31-55)56(4)36(50)3/h6-22,27-30,34,61H,23-26,32-33H2,1-5H3/t34-/m1/s1. The second kappa shape index (κ2) is 17.4. The molecule has 0 saturated heterocycles. The highest BCUT2D eigenvalue weighted by Crippen LogP contribution is 2.38. The molecule has 0 spiro atoms. The molecule has 5 aromatic carbocycles. The van der Waals surface area contributed by atoms with Crippen LogP contribution < -0.4 is 9.64 Å². The topological polar surface area (TPSA) is 124 Å². The lowest BCUT2D eigenvalue weighted by atomic mass is 9.89. The Morgan fingerprint density at radius 3 is 2.15 bits per heavy atom. The van der Waals surface area contributed by atoms with Crippen LogP contribution in [0.2, 0.25) is 0 Å². The normalized spacial score (nSPS) is 14.3. The van der Waals surface area contributed by atoms with E-state index >= 15 is 9.59 Å². The summed E-state index contributed by atoms with van der Waals surface area (Å²) in [6.07, 6.45) is 1.56. The third kappa shape index (κ3) is 8.15. The molecule has 0 unspecified atom stereocenters. The van der Waals surface area contributed by atoms with Gasteiger partial charge in [0.1, 0.15) is 29.0 Å². The van der Waals surface area contributed by atoms with Crippen LogP contribution in [0, 0.1) is 25.2 Å². The first-order chi connectivity index (χ1) is 31.4. The molecular formula is C54H50N6O5. The number of benzene rings is 5. The number of rotatable bonds is 9. The molecule has 11 nitrogen and oxygen atoms in total. The van der Waals surface area contributed by atoms with E-state index in [1.54, 1.807) is 34.7 Å². The van der Waals surface area contributed by atoms with Crippen LogP contribution in [0.1, 0.15) is 72.5 Å². The molecule has 4 heterocycles. The van der Waals surface area contributed by atoms with Crippen molar-refractivity contribution in [2.24, 2.45) is 14.1 Å². The number of aromatic nitrogens is 2. The molecule has 0 radical (unpaired) electrons. The Kier molecular flexibility index (Phi) is 11.4. The van der Waals surface area contributed by atoms with E-state index in [1.807, 2.05) is 114 Å². The fourth-order valence-corrected chi connectivity index (χ4v) is 9.18. The number of ether oxygens (including phenoxy) is 1. The number of amides is 3. The minimum Gasteiger partial charge on any atom is -0.508 e. The monoisotopic (exact) mass is 862 g/mol. The molecule has 0 aliphatic carbocycles. The SMILES string of the molecule is Cc1c(N(C(=O)c2cc(-c3cc4c(cc3C(=O)N3Cc5ccccc5C[C@H]3C)CN(C(=O)Cc3ccc(Oc5ccccc5)cc3)CC4)n(C)c2C)c2ccc(O)cc2)cc(C#N)n1C. The average Bonchev–Trinajstić information content (AvgIpc) is 3.78. The van der Waals surface area contributed by atoms with Crippen molar-refractivity contribution in [2.75, 3.05) is 11.4 Å². The van der Waals surface area contributed by atoms with Gasteiger partial charge in [0.2, 0.25) is 5.91 Å². The highest BCUT2D eigenvalue weighted by Gasteiger charge is 2.33. The maximum Gasteiger partial charge on any atom is 0.264 e. The van der Waals surface area contributed by atoms with Crippen LogP contribution in [0.4, 0.5) is 11.4 Å². The van der Waals surface area contributed by atoms with Crippen molar-refractivity contribution >= 4 is 29.1 Å². The first-order valence-corrected chi connectivity index (χ1v) is 21.9. The Balaban J connectivity index is 1.07. The molecule has 3 amide bonds. The van der Waals surface area contributed by atoms with Gasteiger partial charge in [-0.3, -0.25) is 19.3 Å². The van der Waals surface area contributed by atoms with Crippen LogP contribution in [0.15, 0.2) is 127 Å². The first-order valence-electron chi connectivity index (χ1n) is 21.9. The summed E-state index contributed by atoms with van der Waals surface area (Å²) in [5.41, 5.74) is 10.4. The summed E-state index contributed by atoms with van der Waals surface area (Å²) >= 11 is 0. The lowest BCUT2D eigenvalue weighted by molar-refractivity contribution is -0.131. The molecule has 0 bridgehead atoms. The van der Waals surface area contributed by atoms with E-state index < -0.39 is 0 Å². The molecule has 2 aliphatic heterocycles. The second-order valence-corrected chi connectivity index (χ2v) is 17.1. The first kappa shape index (κ1) is 42.5. The molecule has 1 atom stereocenters. The summed E-state index contributed by atoms with van der Waals surface area (Å²) in [6, 6.07) is 41.6. The van der Waals surface area contributed by atoms with Crippen molar-refractivity contribution in [3.63, 3.8) is 0 Å². The van der Waals surface area contributed by atoms with E-state index in [2.05, 4.69) is 31.2 Å². The van der Waals surface area contributed by atoms with Crippen LogP contribution in [-0.2, 0) is 51.2 Å². The average molecular weight is 863 g/mol. The number of anilines is 2. The molecule has 9 rings (SSSR count). The summed E-state index contributed by atoms with van der Waals surface area (Å²) in [5, 5.41) is 20.1. The van der Waals surface area contributed by atoms with Gasteiger partial charge in [-0.25, -0.2) is 0 Å². The number of nitrogens with zero attached hydrogens (tertiary/aromatic N) is 6. The van der Waals surface area contributed by atoms with E-state index in [0.717, 1.165) is 40.1 Å². The van der Waals surface area contributed by atoms with Crippen LogP contribution in [-0.4, -0.2) is 54.3 Å². The molecule has 11 heteroatoms. The van der Waals surface area contributed by atoms with Crippen molar-refractivity contribution in [2.45, 2.75) is 59.2 Å². The Morgan fingerprint density at radius 1 is 0.754 bits per heavy atom. The molecule has 0 fully saturated rings. The molecule has 0 saturated carbocycles. The zero-order valence-corrected chi connectivity index (χ0v) is 37.2. The van der Waals surface area contributed by atoms with Gasteiger partial charge in [0.05, 0.1) is 17.7 Å². The Bertz CT molecular complexity index is 3010. The lowest BCUT2D eigenvalue weighted by Crippen LogP contribution is -2.43. The highest BCUT2D eigenvalue weighted by atomic mass is 16.5.